The maximum atomic E-state index is 13.3. The normalized spacial score (nSPS) is 11.5. The molecular weight excluding hydrogens is 437 g/mol. The van der Waals surface area contributed by atoms with Gasteiger partial charge in [-0.3, -0.25) is 4.79 Å². The SMILES string of the molecule is Cc1nnnn1C(=Cc1ccccc1)C(=O)OCC(=O)c1cc(C)n(-c2ccc(F)cc2)c1C. The number of benzene rings is 2. The van der Waals surface area contributed by atoms with Gasteiger partial charge in [-0.25, -0.2) is 9.18 Å². The molecule has 34 heavy (non-hydrogen) atoms. The molecule has 2 aromatic heterocycles. The molecule has 0 saturated carbocycles. The maximum absolute atomic E-state index is 13.3. The number of Topliss-reactive ketones (excluding diaryl/α,β-unsaturated/α-hetero) is 1. The van der Waals surface area contributed by atoms with E-state index in [4.69, 9.17) is 4.74 Å². The summed E-state index contributed by atoms with van der Waals surface area (Å²) >= 11 is 0. The van der Waals surface area contributed by atoms with Crippen LogP contribution in [-0.4, -0.2) is 43.1 Å². The van der Waals surface area contributed by atoms with Crippen molar-refractivity contribution in [3.05, 3.63) is 94.8 Å². The summed E-state index contributed by atoms with van der Waals surface area (Å²) in [5.74, 6) is -1.04. The minimum atomic E-state index is -0.736. The molecule has 0 fully saturated rings. The Morgan fingerprint density at radius 1 is 1.03 bits per heavy atom. The van der Waals surface area contributed by atoms with Crippen LogP contribution in [0.15, 0.2) is 60.7 Å². The van der Waals surface area contributed by atoms with Crippen molar-refractivity contribution in [3.63, 3.8) is 0 Å². The van der Waals surface area contributed by atoms with Gasteiger partial charge in [0.15, 0.2) is 18.1 Å². The van der Waals surface area contributed by atoms with Crippen LogP contribution in [0.25, 0.3) is 17.5 Å². The Morgan fingerprint density at radius 3 is 2.38 bits per heavy atom. The fraction of sp³-hybridized carbons (Fsp3) is 0.160. The number of carbonyl (C=O) groups is 2. The van der Waals surface area contributed by atoms with Crippen molar-refractivity contribution in [1.29, 1.82) is 0 Å². The van der Waals surface area contributed by atoms with E-state index in [-0.39, 0.29) is 17.3 Å². The van der Waals surface area contributed by atoms with E-state index in [9.17, 15) is 14.0 Å². The number of ketones is 1. The molecule has 0 radical (unpaired) electrons. The lowest BCUT2D eigenvalue weighted by Crippen LogP contribution is -2.19. The highest BCUT2D eigenvalue weighted by Crippen LogP contribution is 2.22. The van der Waals surface area contributed by atoms with Crippen molar-refractivity contribution in [3.8, 4) is 5.69 Å². The van der Waals surface area contributed by atoms with Gasteiger partial charge in [0.1, 0.15) is 5.82 Å². The van der Waals surface area contributed by atoms with Crippen molar-refractivity contribution in [1.82, 2.24) is 24.8 Å². The molecule has 0 saturated heterocycles. The van der Waals surface area contributed by atoms with Gasteiger partial charge in [0, 0.05) is 22.6 Å². The molecule has 9 heteroatoms. The van der Waals surface area contributed by atoms with Crippen molar-refractivity contribution < 1.29 is 18.7 Å². The lowest BCUT2D eigenvalue weighted by molar-refractivity contribution is -0.136. The molecule has 0 spiro atoms. The highest BCUT2D eigenvalue weighted by molar-refractivity contribution is 6.16. The molecule has 8 nitrogen and oxygen atoms in total. The van der Waals surface area contributed by atoms with E-state index < -0.39 is 12.6 Å². The van der Waals surface area contributed by atoms with Crippen LogP contribution in [0.5, 0.6) is 0 Å². The van der Waals surface area contributed by atoms with Gasteiger partial charge in [-0.1, -0.05) is 30.3 Å². The molecule has 0 unspecified atom stereocenters. The number of carbonyl (C=O) groups excluding carboxylic acids is 2. The molecule has 4 rings (SSSR count). The van der Waals surface area contributed by atoms with E-state index >= 15 is 0 Å². The molecule has 0 bridgehead atoms. The molecule has 0 aliphatic rings. The van der Waals surface area contributed by atoms with Gasteiger partial charge in [0.25, 0.3) is 0 Å². The Labute approximate surface area is 195 Å². The quantitative estimate of drug-likeness (QED) is 0.236. The number of hydrogen-bond acceptors (Lipinski definition) is 6. The molecular formula is C25H22FN5O3. The molecule has 2 heterocycles. The molecule has 0 aliphatic heterocycles. The second-order valence-electron chi connectivity index (χ2n) is 7.67. The van der Waals surface area contributed by atoms with Crippen LogP contribution in [-0.2, 0) is 9.53 Å². The summed E-state index contributed by atoms with van der Waals surface area (Å²) in [6.45, 7) is 4.83. The lowest BCUT2D eigenvalue weighted by atomic mass is 10.1. The summed E-state index contributed by atoms with van der Waals surface area (Å²) in [6, 6.07) is 16.9. The van der Waals surface area contributed by atoms with Gasteiger partial charge in [0.05, 0.1) is 0 Å². The predicted molar refractivity (Wildman–Crippen MR) is 124 cm³/mol. The van der Waals surface area contributed by atoms with Crippen molar-refractivity contribution in [2.24, 2.45) is 0 Å². The Balaban J connectivity index is 1.55. The van der Waals surface area contributed by atoms with Crippen LogP contribution >= 0.6 is 0 Å². The van der Waals surface area contributed by atoms with E-state index in [1.165, 1.54) is 16.8 Å². The second kappa shape index (κ2) is 9.62. The Bertz CT molecular complexity index is 1370. The number of aromatic nitrogens is 5. The van der Waals surface area contributed by atoms with Crippen molar-refractivity contribution >= 4 is 23.5 Å². The molecule has 172 valence electrons. The highest BCUT2D eigenvalue weighted by atomic mass is 19.1. The largest absolute Gasteiger partial charge is 0.453 e. The summed E-state index contributed by atoms with van der Waals surface area (Å²) in [5.41, 5.74) is 3.45. The van der Waals surface area contributed by atoms with Crippen LogP contribution in [0.2, 0.25) is 0 Å². The summed E-state index contributed by atoms with van der Waals surface area (Å²) in [7, 11) is 0. The van der Waals surface area contributed by atoms with E-state index in [2.05, 4.69) is 15.5 Å². The first-order valence-corrected chi connectivity index (χ1v) is 10.5. The molecule has 0 aliphatic carbocycles. The van der Waals surface area contributed by atoms with Gasteiger partial charge in [-0.05, 0) is 73.2 Å². The number of nitrogens with zero attached hydrogens (tertiary/aromatic N) is 5. The van der Waals surface area contributed by atoms with Crippen molar-refractivity contribution in [2.45, 2.75) is 20.8 Å². The fourth-order valence-corrected chi connectivity index (χ4v) is 3.68. The zero-order chi connectivity index (χ0) is 24.2. The lowest BCUT2D eigenvalue weighted by Gasteiger charge is -2.10. The number of rotatable bonds is 7. The van der Waals surface area contributed by atoms with Crippen LogP contribution in [0.4, 0.5) is 4.39 Å². The smallest absolute Gasteiger partial charge is 0.357 e. The Hall–Kier alpha value is -4.40. The fourth-order valence-electron chi connectivity index (χ4n) is 3.68. The summed E-state index contributed by atoms with van der Waals surface area (Å²) in [5, 5.41) is 11.3. The summed E-state index contributed by atoms with van der Waals surface area (Å²) in [4.78, 5) is 25.9. The minimum absolute atomic E-state index is 0.0817. The zero-order valence-corrected chi connectivity index (χ0v) is 18.9. The predicted octanol–water partition coefficient (Wildman–Crippen LogP) is 3.95. The number of aryl methyl sites for hydroxylation is 2. The first-order chi connectivity index (χ1) is 16.3. The van der Waals surface area contributed by atoms with Crippen molar-refractivity contribution in [2.75, 3.05) is 6.61 Å². The molecule has 0 N–H and O–H groups in total. The average Bonchev–Trinajstić information content (AvgIpc) is 3.39. The first-order valence-electron chi connectivity index (χ1n) is 10.5. The second-order valence-corrected chi connectivity index (χ2v) is 7.67. The maximum Gasteiger partial charge on any atom is 0.357 e. The highest BCUT2D eigenvalue weighted by Gasteiger charge is 2.22. The first kappa shape index (κ1) is 22.8. The number of tetrazole rings is 1. The molecule has 0 amide bonds. The zero-order valence-electron chi connectivity index (χ0n) is 18.9. The number of ether oxygens (including phenoxy) is 1. The number of halogens is 1. The van der Waals surface area contributed by atoms with E-state index in [0.717, 1.165) is 16.9 Å². The number of esters is 1. The van der Waals surface area contributed by atoms with Crippen LogP contribution < -0.4 is 0 Å². The topological polar surface area (TPSA) is 91.9 Å². The van der Waals surface area contributed by atoms with Gasteiger partial charge in [-0.2, -0.15) is 4.68 Å². The van der Waals surface area contributed by atoms with Gasteiger partial charge < -0.3 is 9.30 Å². The summed E-state index contributed by atoms with van der Waals surface area (Å²) in [6.07, 6.45) is 1.59. The minimum Gasteiger partial charge on any atom is -0.453 e. The molecule has 4 aromatic rings. The van der Waals surface area contributed by atoms with Gasteiger partial charge in [-0.15, -0.1) is 5.10 Å². The number of hydrogen-bond donors (Lipinski definition) is 0. The van der Waals surface area contributed by atoms with Crippen LogP contribution in [0.1, 0.15) is 33.1 Å². The van der Waals surface area contributed by atoms with Gasteiger partial charge >= 0.3 is 5.97 Å². The third kappa shape index (κ3) is 4.68. The van der Waals surface area contributed by atoms with E-state index in [0.29, 0.717) is 17.1 Å². The summed E-state index contributed by atoms with van der Waals surface area (Å²) < 4.78 is 21.8. The Morgan fingerprint density at radius 2 is 1.74 bits per heavy atom. The van der Waals surface area contributed by atoms with Crippen LogP contribution in [0, 0.1) is 26.6 Å². The monoisotopic (exact) mass is 459 g/mol. The standard InChI is InChI=1S/C25H22FN5O3/c1-16-13-22(17(2)30(16)21-11-9-20(26)10-12-21)24(32)15-34-25(33)23(31-18(3)27-28-29-31)14-19-7-5-4-6-8-19/h4-14H,15H2,1-3H3. The van der Waals surface area contributed by atoms with Crippen LogP contribution in [0.3, 0.4) is 0 Å². The van der Waals surface area contributed by atoms with E-state index in [1.807, 2.05) is 41.8 Å². The van der Waals surface area contributed by atoms with Gasteiger partial charge in [0.2, 0.25) is 5.78 Å². The third-order valence-electron chi connectivity index (χ3n) is 5.32. The third-order valence-corrected chi connectivity index (χ3v) is 5.32. The molecule has 0 atom stereocenters. The average molecular weight is 459 g/mol. The van der Waals surface area contributed by atoms with E-state index in [1.54, 1.807) is 38.1 Å². The Kier molecular flexibility index (Phi) is 6.44. The molecule has 2 aromatic carbocycles.